The third-order valence-electron chi connectivity index (χ3n) is 5.17. The Morgan fingerprint density at radius 3 is 2.38 bits per heavy atom. The number of nitrogens with zero attached hydrogens (tertiary/aromatic N) is 3. The van der Waals surface area contributed by atoms with Crippen molar-refractivity contribution in [3.8, 4) is 11.1 Å². The zero-order valence-corrected chi connectivity index (χ0v) is 17.1. The topological polar surface area (TPSA) is 92.8 Å². The van der Waals surface area contributed by atoms with E-state index in [9.17, 15) is 4.79 Å². The number of tetrazole rings is 1. The van der Waals surface area contributed by atoms with Gasteiger partial charge in [-0.15, -0.1) is 10.2 Å². The maximum Gasteiger partial charge on any atom is 0.407 e. The van der Waals surface area contributed by atoms with Gasteiger partial charge in [-0.05, 0) is 33.4 Å². The van der Waals surface area contributed by atoms with E-state index in [1.165, 1.54) is 34.0 Å². The van der Waals surface area contributed by atoms with Gasteiger partial charge in [-0.1, -0.05) is 74.1 Å². The van der Waals surface area contributed by atoms with E-state index in [0.717, 1.165) is 0 Å². The van der Waals surface area contributed by atoms with E-state index >= 15 is 0 Å². The molecule has 150 valence electrons. The predicted octanol–water partition coefficient (Wildman–Crippen LogP) is 3.86. The summed E-state index contributed by atoms with van der Waals surface area (Å²) in [5, 5.41) is 17.4. The number of thioether (sulfide) groups is 1. The molecule has 0 aliphatic heterocycles. The van der Waals surface area contributed by atoms with Gasteiger partial charge in [0.1, 0.15) is 6.61 Å². The molecule has 7 nitrogen and oxygen atoms in total. The lowest BCUT2D eigenvalue weighted by Gasteiger charge is -2.22. The van der Waals surface area contributed by atoms with Crippen LogP contribution >= 0.6 is 11.8 Å². The van der Waals surface area contributed by atoms with Gasteiger partial charge in [0.25, 0.3) is 0 Å². The molecule has 0 saturated carbocycles. The van der Waals surface area contributed by atoms with Crippen LogP contribution in [-0.2, 0) is 4.74 Å². The molecule has 0 bridgehead atoms. The zero-order valence-electron chi connectivity index (χ0n) is 16.3. The molecule has 4 rings (SSSR count). The van der Waals surface area contributed by atoms with E-state index in [1.54, 1.807) is 0 Å². The third kappa shape index (κ3) is 4.27. The summed E-state index contributed by atoms with van der Waals surface area (Å²) in [6, 6.07) is 16.5. The number of carbonyl (C=O) groups is 1. The number of aromatic amines is 1. The van der Waals surface area contributed by atoms with E-state index < -0.39 is 6.09 Å². The first-order chi connectivity index (χ1) is 14.1. The third-order valence-corrected chi connectivity index (χ3v) is 6.13. The summed E-state index contributed by atoms with van der Waals surface area (Å²) in [6.07, 6.45) is -0.403. The summed E-state index contributed by atoms with van der Waals surface area (Å²) < 4.78 is 5.65. The van der Waals surface area contributed by atoms with Crippen molar-refractivity contribution in [3.63, 3.8) is 0 Å². The van der Waals surface area contributed by atoms with Crippen molar-refractivity contribution in [2.45, 2.75) is 31.0 Å². The second-order valence-electron chi connectivity index (χ2n) is 7.33. The lowest BCUT2D eigenvalue weighted by atomic mass is 9.98. The van der Waals surface area contributed by atoms with Gasteiger partial charge in [-0.3, -0.25) is 0 Å². The molecule has 1 atom stereocenters. The molecule has 1 aliphatic carbocycles. The molecule has 1 amide bonds. The first-order valence-corrected chi connectivity index (χ1v) is 10.6. The van der Waals surface area contributed by atoms with Crippen molar-refractivity contribution in [1.29, 1.82) is 0 Å². The van der Waals surface area contributed by atoms with Crippen LogP contribution in [0.1, 0.15) is 30.9 Å². The number of benzene rings is 2. The van der Waals surface area contributed by atoms with Gasteiger partial charge in [0.05, 0.1) is 0 Å². The molecule has 0 saturated heterocycles. The van der Waals surface area contributed by atoms with Crippen LogP contribution in [0.25, 0.3) is 11.1 Å². The number of aromatic nitrogens is 4. The normalized spacial score (nSPS) is 13.8. The largest absolute Gasteiger partial charge is 0.449 e. The summed E-state index contributed by atoms with van der Waals surface area (Å²) in [5.74, 6) is 0.940. The molecule has 2 aromatic carbocycles. The minimum Gasteiger partial charge on any atom is -0.449 e. The standard InChI is InChI=1S/C21H23N5O2S/c1-13(2)19(12-29-20-23-25-26-24-20)22-21(27)28-11-18-16-9-5-3-7-14(16)15-8-4-6-10-17(15)18/h3-10,13,18-19H,11-12H2,1-2H3,(H,22,27)(H,23,24,25,26)/t19-/m1/s1. The Kier molecular flexibility index (Phi) is 5.80. The zero-order chi connectivity index (χ0) is 20.2. The summed E-state index contributed by atoms with van der Waals surface area (Å²) in [6.45, 7) is 4.43. The monoisotopic (exact) mass is 409 g/mol. The average Bonchev–Trinajstić information content (AvgIpc) is 3.35. The van der Waals surface area contributed by atoms with E-state index in [1.807, 2.05) is 24.3 Å². The second kappa shape index (κ2) is 8.65. The number of hydrogen-bond acceptors (Lipinski definition) is 6. The highest BCUT2D eigenvalue weighted by molar-refractivity contribution is 7.99. The predicted molar refractivity (Wildman–Crippen MR) is 112 cm³/mol. The van der Waals surface area contributed by atoms with E-state index in [2.05, 4.69) is 64.1 Å². The summed E-state index contributed by atoms with van der Waals surface area (Å²) in [5.41, 5.74) is 4.84. The van der Waals surface area contributed by atoms with Gasteiger partial charge in [0, 0.05) is 17.7 Å². The quantitative estimate of drug-likeness (QED) is 0.576. The van der Waals surface area contributed by atoms with Crippen LogP contribution < -0.4 is 5.32 Å². The van der Waals surface area contributed by atoms with Crippen LogP contribution in [0.5, 0.6) is 0 Å². The lowest BCUT2D eigenvalue weighted by molar-refractivity contribution is 0.137. The number of fused-ring (bicyclic) bond motifs is 3. The molecule has 0 fully saturated rings. The Morgan fingerprint density at radius 1 is 1.14 bits per heavy atom. The van der Waals surface area contributed by atoms with Crippen LogP contribution in [0.2, 0.25) is 0 Å². The summed E-state index contributed by atoms with van der Waals surface area (Å²) >= 11 is 1.44. The number of alkyl carbamates (subject to hydrolysis) is 1. The fraction of sp³-hybridized carbons (Fsp3) is 0.333. The highest BCUT2D eigenvalue weighted by Crippen LogP contribution is 2.44. The Morgan fingerprint density at radius 2 is 1.79 bits per heavy atom. The number of nitrogens with one attached hydrogen (secondary N) is 2. The van der Waals surface area contributed by atoms with E-state index in [4.69, 9.17) is 4.74 Å². The molecule has 0 unspecified atom stereocenters. The lowest BCUT2D eigenvalue weighted by Crippen LogP contribution is -2.41. The van der Waals surface area contributed by atoms with Crippen molar-refractivity contribution >= 4 is 17.9 Å². The number of amides is 1. The van der Waals surface area contributed by atoms with Crippen molar-refractivity contribution in [3.05, 3.63) is 59.7 Å². The van der Waals surface area contributed by atoms with Crippen molar-refractivity contribution in [2.24, 2.45) is 5.92 Å². The Bertz CT molecular complexity index is 931. The van der Waals surface area contributed by atoms with E-state index in [-0.39, 0.29) is 17.9 Å². The fourth-order valence-corrected chi connectivity index (χ4v) is 4.57. The summed E-state index contributed by atoms with van der Waals surface area (Å²) in [4.78, 5) is 12.5. The number of carbonyl (C=O) groups excluding carboxylic acids is 1. The second-order valence-corrected chi connectivity index (χ2v) is 8.31. The highest BCUT2D eigenvalue weighted by Gasteiger charge is 2.29. The number of H-pyrrole nitrogens is 1. The van der Waals surface area contributed by atoms with Crippen molar-refractivity contribution in [1.82, 2.24) is 25.9 Å². The van der Waals surface area contributed by atoms with Crippen LogP contribution in [0.3, 0.4) is 0 Å². The average molecular weight is 410 g/mol. The molecule has 3 aromatic rings. The molecular weight excluding hydrogens is 386 g/mol. The number of ether oxygens (including phenoxy) is 1. The molecule has 1 heterocycles. The Balaban J connectivity index is 1.39. The first-order valence-electron chi connectivity index (χ1n) is 9.61. The molecule has 0 radical (unpaired) electrons. The van der Waals surface area contributed by atoms with Gasteiger partial charge in [-0.25, -0.2) is 4.79 Å². The van der Waals surface area contributed by atoms with Gasteiger partial charge in [-0.2, -0.15) is 5.21 Å². The number of hydrogen-bond donors (Lipinski definition) is 2. The smallest absolute Gasteiger partial charge is 0.407 e. The highest BCUT2D eigenvalue weighted by atomic mass is 32.2. The minimum absolute atomic E-state index is 0.0550. The van der Waals surface area contributed by atoms with E-state index in [0.29, 0.717) is 17.5 Å². The van der Waals surface area contributed by atoms with Gasteiger partial charge < -0.3 is 10.1 Å². The molecule has 29 heavy (non-hydrogen) atoms. The van der Waals surface area contributed by atoms with Crippen LogP contribution in [0, 0.1) is 5.92 Å². The van der Waals surface area contributed by atoms with Crippen molar-refractivity contribution in [2.75, 3.05) is 12.4 Å². The SMILES string of the molecule is CC(C)[C@@H](CSc1nn[nH]n1)NC(=O)OCC1c2ccccc2-c2ccccc21. The molecule has 1 aromatic heterocycles. The van der Waals surface area contributed by atoms with Gasteiger partial charge in [0.2, 0.25) is 5.16 Å². The maximum atomic E-state index is 12.5. The molecule has 0 spiro atoms. The number of rotatable bonds is 7. The minimum atomic E-state index is -0.403. The van der Waals surface area contributed by atoms with Gasteiger partial charge >= 0.3 is 6.09 Å². The van der Waals surface area contributed by atoms with Crippen LogP contribution in [0.4, 0.5) is 4.79 Å². The van der Waals surface area contributed by atoms with Crippen LogP contribution in [-0.4, -0.2) is 45.1 Å². The first kappa shape index (κ1) is 19.4. The van der Waals surface area contributed by atoms with Gasteiger partial charge in [0.15, 0.2) is 0 Å². The maximum absolute atomic E-state index is 12.5. The summed E-state index contributed by atoms with van der Waals surface area (Å²) in [7, 11) is 0. The molecule has 1 aliphatic rings. The van der Waals surface area contributed by atoms with Crippen molar-refractivity contribution < 1.29 is 9.53 Å². The Labute approximate surface area is 173 Å². The fourth-order valence-electron chi connectivity index (χ4n) is 3.57. The molecule has 8 heteroatoms. The Hall–Kier alpha value is -2.87. The van der Waals surface area contributed by atoms with Crippen LogP contribution in [0.15, 0.2) is 53.7 Å². The molecule has 2 N–H and O–H groups in total. The molecular formula is C21H23N5O2S.